The summed E-state index contributed by atoms with van der Waals surface area (Å²) in [6.07, 6.45) is 1.44. The second kappa shape index (κ2) is 6.83. The van der Waals surface area contributed by atoms with Gasteiger partial charge in [-0.05, 0) is 38.0 Å². The lowest BCUT2D eigenvalue weighted by Crippen LogP contribution is -2.38. The van der Waals surface area contributed by atoms with Crippen LogP contribution in [-0.4, -0.2) is 33.8 Å². The molecule has 0 spiro atoms. The maximum absolute atomic E-state index is 12.8. The van der Waals surface area contributed by atoms with E-state index in [1.165, 1.54) is 6.07 Å². The highest BCUT2D eigenvalue weighted by Gasteiger charge is 2.31. The molecule has 7 heteroatoms. The first kappa shape index (κ1) is 17.2. The first-order valence-electron chi connectivity index (χ1n) is 8.93. The van der Waals surface area contributed by atoms with Crippen molar-refractivity contribution >= 4 is 22.7 Å². The average molecular weight is 365 g/mol. The number of nitrogens with zero attached hydrogens (tertiary/aromatic N) is 3. The van der Waals surface area contributed by atoms with Gasteiger partial charge in [-0.1, -0.05) is 24.3 Å². The number of aromatic nitrogens is 1. The van der Waals surface area contributed by atoms with Crippen LogP contribution in [0.4, 0.5) is 5.69 Å². The van der Waals surface area contributed by atoms with Crippen molar-refractivity contribution in [3.8, 4) is 0 Å². The molecule has 4 rings (SSSR count). The third kappa shape index (κ3) is 3.16. The van der Waals surface area contributed by atoms with Gasteiger partial charge in [0.25, 0.3) is 11.6 Å². The quantitative estimate of drug-likeness (QED) is 0.516. The van der Waals surface area contributed by atoms with E-state index in [2.05, 4.69) is 4.98 Å². The largest absolute Gasteiger partial charge is 0.440 e. The van der Waals surface area contributed by atoms with Gasteiger partial charge in [0.1, 0.15) is 11.1 Å². The van der Waals surface area contributed by atoms with Crippen LogP contribution in [0.2, 0.25) is 0 Å². The molecule has 1 saturated heterocycles. The summed E-state index contributed by atoms with van der Waals surface area (Å²) in [6, 6.07) is 12.5. The third-order valence-corrected chi connectivity index (χ3v) is 5.09. The molecule has 27 heavy (non-hydrogen) atoms. The summed E-state index contributed by atoms with van der Waals surface area (Å²) < 4.78 is 5.85. The number of oxazole rings is 1. The van der Waals surface area contributed by atoms with Gasteiger partial charge in [0.15, 0.2) is 11.5 Å². The molecule has 2 heterocycles. The second-order valence-electron chi connectivity index (χ2n) is 6.81. The average Bonchev–Trinajstić information content (AvgIpc) is 3.11. The number of carbonyl (C=O) groups excluding carboxylic acids is 1. The summed E-state index contributed by atoms with van der Waals surface area (Å²) in [5, 5.41) is 11.4. The summed E-state index contributed by atoms with van der Waals surface area (Å²) in [5.41, 5.74) is 2.14. The number of likely N-dealkylation sites (tertiary alicyclic amines) is 1. The zero-order valence-corrected chi connectivity index (χ0v) is 14.9. The van der Waals surface area contributed by atoms with E-state index in [9.17, 15) is 14.9 Å². The van der Waals surface area contributed by atoms with E-state index >= 15 is 0 Å². The first-order chi connectivity index (χ1) is 13.0. The molecule has 0 saturated carbocycles. The monoisotopic (exact) mass is 365 g/mol. The van der Waals surface area contributed by atoms with Gasteiger partial charge < -0.3 is 9.32 Å². The van der Waals surface area contributed by atoms with Gasteiger partial charge in [-0.15, -0.1) is 0 Å². The summed E-state index contributed by atoms with van der Waals surface area (Å²) >= 11 is 0. The minimum absolute atomic E-state index is 0.108. The Morgan fingerprint density at radius 2 is 1.93 bits per heavy atom. The van der Waals surface area contributed by atoms with Gasteiger partial charge >= 0.3 is 0 Å². The van der Waals surface area contributed by atoms with E-state index < -0.39 is 4.92 Å². The summed E-state index contributed by atoms with van der Waals surface area (Å²) in [5.74, 6) is 0.556. The number of para-hydroxylation sites is 3. The number of hydrogen-bond acceptors (Lipinski definition) is 5. The topological polar surface area (TPSA) is 89.5 Å². The highest BCUT2D eigenvalue weighted by atomic mass is 16.6. The number of aryl methyl sites for hydroxylation is 1. The number of piperidine rings is 1. The Morgan fingerprint density at radius 1 is 1.19 bits per heavy atom. The van der Waals surface area contributed by atoms with Crippen LogP contribution in [0.15, 0.2) is 46.9 Å². The smallest absolute Gasteiger partial charge is 0.285 e. The van der Waals surface area contributed by atoms with E-state index in [1.54, 1.807) is 24.0 Å². The van der Waals surface area contributed by atoms with Crippen LogP contribution in [0.1, 0.15) is 40.6 Å². The van der Waals surface area contributed by atoms with Crippen molar-refractivity contribution in [1.29, 1.82) is 0 Å². The Morgan fingerprint density at radius 3 is 2.63 bits per heavy atom. The van der Waals surface area contributed by atoms with Crippen LogP contribution in [0.25, 0.3) is 11.1 Å². The highest BCUT2D eigenvalue weighted by Crippen LogP contribution is 2.31. The molecule has 0 radical (unpaired) electrons. The molecule has 0 aliphatic carbocycles. The Balaban J connectivity index is 1.50. The Labute approximate surface area is 155 Å². The zero-order chi connectivity index (χ0) is 19.0. The number of nitro groups is 1. The molecule has 7 nitrogen and oxygen atoms in total. The molecule has 0 bridgehead atoms. The van der Waals surface area contributed by atoms with E-state index in [1.807, 2.05) is 24.3 Å². The first-order valence-corrected chi connectivity index (χ1v) is 8.93. The van der Waals surface area contributed by atoms with E-state index in [0.29, 0.717) is 24.5 Å². The number of benzene rings is 2. The van der Waals surface area contributed by atoms with Gasteiger partial charge in [-0.2, -0.15) is 0 Å². The van der Waals surface area contributed by atoms with Gasteiger partial charge in [0, 0.05) is 24.6 Å². The number of carbonyl (C=O) groups is 1. The lowest BCUT2D eigenvalue weighted by atomic mass is 9.96. The van der Waals surface area contributed by atoms with Crippen LogP contribution < -0.4 is 0 Å². The number of nitro benzene ring substituents is 1. The maximum atomic E-state index is 12.8. The molecule has 1 amide bonds. The molecule has 0 N–H and O–H groups in total. The molecule has 1 aromatic heterocycles. The lowest BCUT2D eigenvalue weighted by Gasteiger charge is -2.30. The molecule has 1 aliphatic rings. The van der Waals surface area contributed by atoms with Crippen LogP contribution in [-0.2, 0) is 0 Å². The van der Waals surface area contributed by atoms with Gasteiger partial charge in [-0.25, -0.2) is 4.98 Å². The number of rotatable bonds is 3. The normalized spacial score (nSPS) is 15.2. The van der Waals surface area contributed by atoms with E-state index in [0.717, 1.165) is 23.9 Å². The fourth-order valence-corrected chi connectivity index (χ4v) is 3.64. The Kier molecular flexibility index (Phi) is 4.35. The van der Waals surface area contributed by atoms with Gasteiger partial charge in [0.05, 0.1) is 4.92 Å². The second-order valence-corrected chi connectivity index (χ2v) is 6.81. The number of hydrogen-bond donors (Lipinski definition) is 0. The third-order valence-electron chi connectivity index (χ3n) is 5.09. The SMILES string of the molecule is Cc1cccc(C(=O)N2CCC(c3nc4ccccc4o3)CC2)c1[N+](=O)[O-]. The summed E-state index contributed by atoms with van der Waals surface area (Å²) in [4.78, 5) is 30.0. The summed E-state index contributed by atoms with van der Waals surface area (Å²) in [7, 11) is 0. The van der Waals surface area contributed by atoms with Crippen molar-refractivity contribution in [2.45, 2.75) is 25.7 Å². The van der Waals surface area contributed by atoms with Crippen molar-refractivity contribution < 1.29 is 14.1 Å². The fourth-order valence-electron chi connectivity index (χ4n) is 3.64. The van der Waals surface area contributed by atoms with Crippen molar-refractivity contribution in [2.24, 2.45) is 0 Å². The molecule has 0 unspecified atom stereocenters. The molecular formula is C20H19N3O4. The van der Waals surface area contributed by atoms with Crippen molar-refractivity contribution in [3.63, 3.8) is 0 Å². The van der Waals surface area contributed by atoms with Crippen LogP contribution in [0.5, 0.6) is 0 Å². The predicted molar refractivity (Wildman–Crippen MR) is 99.7 cm³/mol. The fraction of sp³-hybridized carbons (Fsp3) is 0.300. The Hall–Kier alpha value is -3.22. The molecule has 1 aliphatic heterocycles. The van der Waals surface area contributed by atoms with Crippen molar-refractivity contribution in [3.05, 3.63) is 69.6 Å². The summed E-state index contributed by atoms with van der Waals surface area (Å²) in [6.45, 7) is 2.69. The molecule has 0 atom stereocenters. The standard InChI is InChI=1S/C20H19N3O4/c1-13-5-4-6-15(18(13)23(25)26)20(24)22-11-9-14(10-12-22)19-21-16-7-2-3-8-17(16)27-19/h2-8,14H,9-12H2,1H3. The van der Waals surface area contributed by atoms with Gasteiger partial charge in [-0.3, -0.25) is 14.9 Å². The zero-order valence-electron chi connectivity index (χ0n) is 14.9. The number of amides is 1. The predicted octanol–water partition coefficient (Wildman–Crippen LogP) is 4.06. The highest BCUT2D eigenvalue weighted by molar-refractivity contribution is 5.98. The van der Waals surface area contributed by atoms with E-state index in [4.69, 9.17) is 4.42 Å². The van der Waals surface area contributed by atoms with Crippen LogP contribution in [0, 0.1) is 17.0 Å². The molecular weight excluding hydrogens is 346 g/mol. The van der Waals surface area contributed by atoms with Gasteiger partial charge in [0.2, 0.25) is 0 Å². The number of fused-ring (bicyclic) bond motifs is 1. The molecule has 3 aromatic rings. The molecule has 138 valence electrons. The van der Waals surface area contributed by atoms with Crippen LogP contribution >= 0.6 is 0 Å². The van der Waals surface area contributed by atoms with Crippen molar-refractivity contribution in [1.82, 2.24) is 9.88 Å². The molecule has 2 aromatic carbocycles. The van der Waals surface area contributed by atoms with Crippen LogP contribution in [0.3, 0.4) is 0 Å². The minimum Gasteiger partial charge on any atom is -0.440 e. The lowest BCUT2D eigenvalue weighted by molar-refractivity contribution is -0.385. The van der Waals surface area contributed by atoms with E-state index in [-0.39, 0.29) is 23.1 Å². The minimum atomic E-state index is -0.479. The maximum Gasteiger partial charge on any atom is 0.285 e. The Bertz CT molecular complexity index is 986. The van der Waals surface area contributed by atoms with Crippen molar-refractivity contribution in [2.75, 3.05) is 13.1 Å². The molecule has 1 fully saturated rings.